The van der Waals surface area contributed by atoms with Crippen LogP contribution in [0.25, 0.3) is 10.9 Å². The lowest BCUT2D eigenvalue weighted by Crippen LogP contribution is -2.21. The predicted octanol–water partition coefficient (Wildman–Crippen LogP) is 2.78. The molecule has 1 heterocycles. The van der Waals surface area contributed by atoms with Gasteiger partial charge in [-0.05, 0) is 36.4 Å². The summed E-state index contributed by atoms with van der Waals surface area (Å²) in [4.78, 5) is 39.5. The van der Waals surface area contributed by atoms with E-state index in [4.69, 9.17) is 22.1 Å². The number of carbonyl (C=O) groups excluding carboxylic acids is 3. The number of anilines is 1. The van der Waals surface area contributed by atoms with E-state index in [1.807, 2.05) is 0 Å². The monoisotopic (exact) mass is 383 g/mol. The number of nitrogens with zero attached hydrogens (tertiary/aromatic N) is 1. The Balaban J connectivity index is 1.65. The maximum absolute atomic E-state index is 12.3. The van der Waals surface area contributed by atoms with Crippen molar-refractivity contribution in [2.75, 3.05) is 11.9 Å². The maximum atomic E-state index is 12.3. The van der Waals surface area contributed by atoms with Crippen LogP contribution in [0, 0.1) is 0 Å². The number of carbonyl (C=O) groups is 3. The second-order valence-electron chi connectivity index (χ2n) is 5.58. The predicted molar refractivity (Wildman–Crippen MR) is 101 cm³/mol. The van der Waals surface area contributed by atoms with E-state index in [2.05, 4.69) is 10.3 Å². The summed E-state index contributed by atoms with van der Waals surface area (Å²) in [5.74, 6) is -1.78. The molecule has 0 aliphatic rings. The number of aromatic nitrogens is 1. The number of amides is 2. The molecule has 27 heavy (non-hydrogen) atoms. The molecule has 136 valence electrons. The largest absolute Gasteiger partial charge is 0.452 e. The molecular weight excluding hydrogens is 370 g/mol. The average Bonchev–Trinajstić information content (AvgIpc) is 2.65. The standard InChI is InChI=1S/C19H14ClN3O4/c20-16-9-14(13-3-1-2-4-15(13)23-16)19(26)27-10-17(24)22-12-7-5-11(6-8-12)18(21)25/h1-9H,10H2,(H2,21,25)(H,22,24). The first-order chi connectivity index (χ1) is 12.9. The summed E-state index contributed by atoms with van der Waals surface area (Å²) in [6.45, 7) is -0.481. The van der Waals surface area contributed by atoms with Gasteiger partial charge in [-0.2, -0.15) is 0 Å². The highest BCUT2D eigenvalue weighted by Crippen LogP contribution is 2.21. The number of esters is 1. The number of fused-ring (bicyclic) bond motifs is 1. The lowest BCUT2D eigenvalue weighted by molar-refractivity contribution is -0.119. The molecule has 0 saturated carbocycles. The summed E-state index contributed by atoms with van der Waals surface area (Å²) >= 11 is 5.94. The molecule has 7 nitrogen and oxygen atoms in total. The zero-order chi connectivity index (χ0) is 19.4. The molecule has 2 amide bonds. The molecule has 0 aliphatic heterocycles. The summed E-state index contributed by atoms with van der Waals surface area (Å²) in [6.07, 6.45) is 0. The van der Waals surface area contributed by atoms with Crippen LogP contribution in [0.3, 0.4) is 0 Å². The number of hydrogen-bond acceptors (Lipinski definition) is 5. The van der Waals surface area contributed by atoms with Crippen molar-refractivity contribution in [3.05, 3.63) is 70.9 Å². The molecule has 0 fully saturated rings. The Labute approximate surface area is 159 Å². The summed E-state index contributed by atoms with van der Waals surface area (Å²) in [7, 11) is 0. The number of para-hydroxylation sites is 1. The molecule has 0 aliphatic carbocycles. The molecule has 0 saturated heterocycles. The molecule has 0 bridgehead atoms. The van der Waals surface area contributed by atoms with E-state index in [0.717, 1.165) is 0 Å². The fourth-order valence-corrected chi connectivity index (χ4v) is 2.64. The Morgan fingerprint density at radius 1 is 1.07 bits per heavy atom. The van der Waals surface area contributed by atoms with E-state index in [1.165, 1.54) is 30.3 Å². The van der Waals surface area contributed by atoms with E-state index in [1.54, 1.807) is 24.3 Å². The van der Waals surface area contributed by atoms with Gasteiger partial charge in [0.05, 0.1) is 11.1 Å². The van der Waals surface area contributed by atoms with Gasteiger partial charge in [0, 0.05) is 16.6 Å². The zero-order valence-corrected chi connectivity index (χ0v) is 14.7. The molecule has 8 heteroatoms. The van der Waals surface area contributed by atoms with Crippen LogP contribution in [0.15, 0.2) is 54.6 Å². The van der Waals surface area contributed by atoms with Crippen molar-refractivity contribution in [1.82, 2.24) is 4.98 Å². The van der Waals surface area contributed by atoms with Crippen molar-refractivity contribution in [3.8, 4) is 0 Å². The van der Waals surface area contributed by atoms with Crippen LogP contribution in [0.4, 0.5) is 5.69 Å². The first-order valence-electron chi connectivity index (χ1n) is 7.86. The Morgan fingerprint density at radius 3 is 2.48 bits per heavy atom. The maximum Gasteiger partial charge on any atom is 0.339 e. The van der Waals surface area contributed by atoms with Gasteiger partial charge in [0.15, 0.2) is 6.61 Å². The smallest absolute Gasteiger partial charge is 0.339 e. The number of pyridine rings is 1. The fourth-order valence-electron chi connectivity index (χ4n) is 2.44. The van der Waals surface area contributed by atoms with E-state index >= 15 is 0 Å². The van der Waals surface area contributed by atoms with Gasteiger partial charge < -0.3 is 15.8 Å². The number of nitrogens with one attached hydrogen (secondary N) is 1. The lowest BCUT2D eigenvalue weighted by Gasteiger charge is -2.09. The molecule has 3 rings (SSSR count). The van der Waals surface area contributed by atoms with Crippen molar-refractivity contribution in [3.63, 3.8) is 0 Å². The van der Waals surface area contributed by atoms with E-state index in [9.17, 15) is 14.4 Å². The number of benzene rings is 2. The minimum Gasteiger partial charge on any atom is -0.452 e. The number of halogens is 1. The van der Waals surface area contributed by atoms with Crippen molar-refractivity contribution in [2.45, 2.75) is 0 Å². The minimum absolute atomic E-state index is 0.152. The molecular formula is C19H14ClN3O4. The summed E-state index contributed by atoms with van der Waals surface area (Å²) < 4.78 is 5.08. The Morgan fingerprint density at radius 2 is 1.78 bits per heavy atom. The van der Waals surface area contributed by atoms with Gasteiger partial charge in [-0.25, -0.2) is 9.78 Å². The number of ether oxygens (including phenoxy) is 1. The van der Waals surface area contributed by atoms with Gasteiger partial charge in [-0.3, -0.25) is 9.59 Å². The van der Waals surface area contributed by atoms with Gasteiger partial charge in [0.1, 0.15) is 5.15 Å². The van der Waals surface area contributed by atoms with E-state index in [0.29, 0.717) is 22.2 Å². The number of rotatable bonds is 5. The highest BCUT2D eigenvalue weighted by Gasteiger charge is 2.15. The minimum atomic E-state index is -0.685. The van der Waals surface area contributed by atoms with Gasteiger partial charge >= 0.3 is 5.97 Å². The van der Waals surface area contributed by atoms with Crippen LogP contribution in [0.1, 0.15) is 20.7 Å². The quantitative estimate of drug-likeness (QED) is 0.519. The van der Waals surface area contributed by atoms with Crippen LogP contribution in [-0.4, -0.2) is 29.4 Å². The van der Waals surface area contributed by atoms with Gasteiger partial charge in [0.25, 0.3) is 5.91 Å². The van der Waals surface area contributed by atoms with Gasteiger partial charge in [-0.1, -0.05) is 29.8 Å². The SMILES string of the molecule is NC(=O)c1ccc(NC(=O)COC(=O)c2cc(Cl)nc3ccccc23)cc1. The molecule has 3 aromatic rings. The molecule has 0 radical (unpaired) electrons. The normalized spacial score (nSPS) is 10.4. The van der Waals surface area contributed by atoms with E-state index in [-0.39, 0.29) is 10.7 Å². The second kappa shape index (κ2) is 7.84. The summed E-state index contributed by atoms with van der Waals surface area (Å²) in [5, 5.41) is 3.29. The third kappa shape index (κ3) is 4.39. The first kappa shape index (κ1) is 18.3. The lowest BCUT2D eigenvalue weighted by atomic mass is 10.1. The van der Waals surface area contributed by atoms with Crippen LogP contribution in [-0.2, 0) is 9.53 Å². The number of primary amides is 1. The molecule has 1 aromatic heterocycles. The molecule has 0 unspecified atom stereocenters. The Hall–Kier alpha value is -3.45. The van der Waals surface area contributed by atoms with Gasteiger partial charge in [0.2, 0.25) is 5.91 Å². The average molecular weight is 384 g/mol. The Bertz CT molecular complexity index is 1030. The fraction of sp³-hybridized carbons (Fsp3) is 0.0526. The molecule has 2 aromatic carbocycles. The molecule has 3 N–H and O–H groups in total. The van der Waals surface area contributed by atoms with Crippen LogP contribution < -0.4 is 11.1 Å². The third-order valence-electron chi connectivity index (χ3n) is 3.69. The van der Waals surface area contributed by atoms with Crippen LogP contribution >= 0.6 is 11.6 Å². The summed E-state index contributed by atoms with van der Waals surface area (Å²) in [5.41, 5.74) is 6.70. The third-order valence-corrected chi connectivity index (χ3v) is 3.89. The van der Waals surface area contributed by atoms with Crippen molar-refractivity contribution >= 4 is 46.0 Å². The topological polar surface area (TPSA) is 111 Å². The van der Waals surface area contributed by atoms with Crippen LogP contribution in [0.2, 0.25) is 5.15 Å². The van der Waals surface area contributed by atoms with Crippen molar-refractivity contribution < 1.29 is 19.1 Å². The second-order valence-corrected chi connectivity index (χ2v) is 5.96. The van der Waals surface area contributed by atoms with Crippen molar-refractivity contribution in [2.24, 2.45) is 5.73 Å². The zero-order valence-electron chi connectivity index (χ0n) is 13.9. The molecule has 0 atom stereocenters. The first-order valence-corrected chi connectivity index (χ1v) is 8.24. The number of hydrogen-bond donors (Lipinski definition) is 2. The van der Waals surface area contributed by atoms with Gasteiger partial charge in [-0.15, -0.1) is 0 Å². The highest BCUT2D eigenvalue weighted by atomic mass is 35.5. The van der Waals surface area contributed by atoms with Crippen LogP contribution in [0.5, 0.6) is 0 Å². The Kier molecular flexibility index (Phi) is 5.33. The van der Waals surface area contributed by atoms with E-state index < -0.39 is 24.4 Å². The number of nitrogens with two attached hydrogens (primary N) is 1. The molecule has 0 spiro atoms. The highest BCUT2D eigenvalue weighted by molar-refractivity contribution is 6.30. The van der Waals surface area contributed by atoms with Crippen molar-refractivity contribution in [1.29, 1.82) is 0 Å². The summed E-state index contributed by atoms with van der Waals surface area (Å²) in [6, 6.07) is 14.4.